The normalized spacial score (nSPS) is 11.2. The van der Waals surface area contributed by atoms with Crippen molar-refractivity contribution in [3.63, 3.8) is 0 Å². The minimum atomic E-state index is 0.274. The highest BCUT2D eigenvalue weighted by Crippen LogP contribution is 2.33. The van der Waals surface area contributed by atoms with Gasteiger partial charge in [0.1, 0.15) is 12.4 Å². The zero-order valence-corrected chi connectivity index (χ0v) is 11.3. The van der Waals surface area contributed by atoms with Crippen molar-refractivity contribution in [1.82, 2.24) is 4.98 Å². The van der Waals surface area contributed by atoms with E-state index in [1.165, 1.54) is 10.8 Å². The van der Waals surface area contributed by atoms with Crippen LogP contribution in [0.1, 0.15) is 12.5 Å². The third-order valence-electron chi connectivity index (χ3n) is 3.33. The molecule has 0 saturated carbocycles. The van der Waals surface area contributed by atoms with Crippen molar-refractivity contribution in [3.8, 4) is 18.1 Å². The molecule has 0 bridgehead atoms. The van der Waals surface area contributed by atoms with Gasteiger partial charge in [0.25, 0.3) is 0 Å². The second kappa shape index (κ2) is 5.14. The van der Waals surface area contributed by atoms with Crippen LogP contribution in [0.3, 0.4) is 0 Å². The first-order valence-corrected chi connectivity index (χ1v) is 6.57. The molecule has 3 rings (SSSR count). The van der Waals surface area contributed by atoms with E-state index < -0.39 is 0 Å². The van der Waals surface area contributed by atoms with Gasteiger partial charge in [-0.05, 0) is 25.1 Å². The molecule has 0 aliphatic rings. The summed E-state index contributed by atoms with van der Waals surface area (Å²) in [4.78, 5) is 3.47. The fourth-order valence-corrected chi connectivity index (χ4v) is 2.50. The van der Waals surface area contributed by atoms with Crippen LogP contribution in [0.25, 0.3) is 27.9 Å². The Labute approximate surface area is 118 Å². The Kier molecular flexibility index (Phi) is 3.18. The number of fused-ring (bicyclic) bond motifs is 3. The lowest BCUT2D eigenvalue weighted by molar-refractivity contribution is 0.370. The fourth-order valence-electron chi connectivity index (χ4n) is 2.50. The summed E-state index contributed by atoms with van der Waals surface area (Å²) in [5.74, 6) is 3.31. The van der Waals surface area contributed by atoms with E-state index in [2.05, 4.69) is 29.1 Å². The fraction of sp³-hybridized carbons (Fsp3) is 0.111. The third-order valence-corrected chi connectivity index (χ3v) is 3.33. The smallest absolute Gasteiger partial charge is 0.148 e. The predicted molar refractivity (Wildman–Crippen MR) is 84.8 cm³/mol. The van der Waals surface area contributed by atoms with Gasteiger partial charge in [-0.1, -0.05) is 36.3 Å². The molecule has 2 heteroatoms. The second-order valence-electron chi connectivity index (χ2n) is 4.56. The summed E-state index contributed by atoms with van der Waals surface area (Å²) in [6, 6.07) is 12.3. The number of H-pyrrole nitrogens is 1. The van der Waals surface area contributed by atoms with Gasteiger partial charge in [0.2, 0.25) is 0 Å². The van der Waals surface area contributed by atoms with Crippen LogP contribution < -0.4 is 4.74 Å². The summed E-state index contributed by atoms with van der Waals surface area (Å²) in [5, 5.41) is 2.42. The SMILES string of the molecule is C#CCOc1ccc2c([nH]c3ccccc32)c1/C=C/C. The molecule has 2 nitrogen and oxygen atoms in total. The van der Waals surface area contributed by atoms with Gasteiger partial charge in [0, 0.05) is 21.9 Å². The number of aromatic amines is 1. The van der Waals surface area contributed by atoms with Crippen molar-refractivity contribution in [3.05, 3.63) is 48.0 Å². The van der Waals surface area contributed by atoms with Crippen molar-refractivity contribution in [2.24, 2.45) is 0 Å². The highest BCUT2D eigenvalue weighted by Gasteiger charge is 2.10. The number of allylic oxidation sites excluding steroid dienone is 1. The molecule has 0 aliphatic heterocycles. The maximum Gasteiger partial charge on any atom is 0.148 e. The van der Waals surface area contributed by atoms with Crippen molar-refractivity contribution in [2.75, 3.05) is 6.61 Å². The molecular formula is C18H15NO. The van der Waals surface area contributed by atoms with Gasteiger partial charge in [0.15, 0.2) is 0 Å². The number of terminal acetylenes is 1. The van der Waals surface area contributed by atoms with Crippen LogP contribution in [0.4, 0.5) is 0 Å². The third kappa shape index (κ3) is 1.94. The molecule has 0 amide bonds. The monoisotopic (exact) mass is 261 g/mol. The Morgan fingerprint density at radius 2 is 2.05 bits per heavy atom. The Hall–Kier alpha value is -2.66. The van der Waals surface area contributed by atoms with Crippen LogP contribution in [0.15, 0.2) is 42.5 Å². The lowest BCUT2D eigenvalue weighted by Crippen LogP contribution is -1.96. The van der Waals surface area contributed by atoms with Gasteiger partial charge in [0.05, 0.1) is 5.52 Å². The standard InChI is InChI=1S/C18H15NO/c1-3-7-15-17(20-12-4-2)11-10-14-13-8-5-6-9-16(13)19-18(14)15/h2-3,5-11,19H,12H2,1H3/b7-3+. The van der Waals surface area contributed by atoms with Crippen molar-refractivity contribution >= 4 is 27.9 Å². The average Bonchev–Trinajstić information content (AvgIpc) is 2.85. The first-order chi connectivity index (χ1) is 9.85. The molecule has 0 spiro atoms. The van der Waals surface area contributed by atoms with E-state index in [-0.39, 0.29) is 6.61 Å². The van der Waals surface area contributed by atoms with E-state index in [4.69, 9.17) is 11.2 Å². The molecule has 0 saturated heterocycles. The largest absolute Gasteiger partial charge is 0.480 e. The van der Waals surface area contributed by atoms with Crippen LogP contribution in [0, 0.1) is 12.3 Å². The molecular weight excluding hydrogens is 246 g/mol. The number of hydrogen-bond donors (Lipinski definition) is 1. The lowest BCUT2D eigenvalue weighted by atomic mass is 10.1. The molecule has 1 N–H and O–H groups in total. The van der Waals surface area contributed by atoms with Gasteiger partial charge in [-0.15, -0.1) is 6.42 Å². The van der Waals surface area contributed by atoms with Gasteiger partial charge < -0.3 is 9.72 Å². The first-order valence-electron chi connectivity index (χ1n) is 6.57. The number of hydrogen-bond acceptors (Lipinski definition) is 1. The van der Waals surface area contributed by atoms with Crippen molar-refractivity contribution < 1.29 is 4.74 Å². The van der Waals surface area contributed by atoms with E-state index in [1.807, 2.05) is 37.3 Å². The number of para-hydroxylation sites is 1. The molecule has 1 aromatic heterocycles. The molecule has 2 aromatic carbocycles. The number of rotatable bonds is 3. The number of nitrogens with one attached hydrogen (secondary N) is 1. The molecule has 1 heterocycles. The minimum Gasteiger partial charge on any atom is -0.480 e. The van der Waals surface area contributed by atoms with Crippen LogP contribution in [0.2, 0.25) is 0 Å². The van der Waals surface area contributed by atoms with Crippen LogP contribution in [0.5, 0.6) is 5.75 Å². The summed E-state index contributed by atoms with van der Waals surface area (Å²) in [6.07, 6.45) is 9.32. The summed E-state index contributed by atoms with van der Waals surface area (Å²) in [6.45, 7) is 2.27. The second-order valence-corrected chi connectivity index (χ2v) is 4.56. The van der Waals surface area contributed by atoms with Crippen LogP contribution >= 0.6 is 0 Å². The molecule has 98 valence electrons. The summed E-state index contributed by atoms with van der Waals surface area (Å²) < 4.78 is 5.64. The molecule has 0 radical (unpaired) electrons. The average molecular weight is 261 g/mol. The van der Waals surface area contributed by atoms with Gasteiger partial charge in [-0.25, -0.2) is 0 Å². The maximum absolute atomic E-state index is 5.64. The molecule has 0 aliphatic carbocycles. The summed E-state index contributed by atoms with van der Waals surface area (Å²) in [7, 11) is 0. The van der Waals surface area contributed by atoms with Crippen LogP contribution in [-0.4, -0.2) is 11.6 Å². The Balaban J connectivity index is 2.31. The highest BCUT2D eigenvalue weighted by atomic mass is 16.5. The van der Waals surface area contributed by atoms with E-state index in [0.717, 1.165) is 22.3 Å². The molecule has 3 aromatic rings. The van der Waals surface area contributed by atoms with E-state index >= 15 is 0 Å². The number of aromatic nitrogens is 1. The quantitative estimate of drug-likeness (QED) is 0.696. The topological polar surface area (TPSA) is 25.0 Å². The zero-order chi connectivity index (χ0) is 13.9. The Morgan fingerprint density at radius 1 is 1.20 bits per heavy atom. The Bertz CT molecular complexity index is 834. The van der Waals surface area contributed by atoms with E-state index in [9.17, 15) is 0 Å². The van der Waals surface area contributed by atoms with Gasteiger partial charge in [-0.3, -0.25) is 0 Å². The molecule has 0 fully saturated rings. The maximum atomic E-state index is 5.64. The Morgan fingerprint density at radius 3 is 2.85 bits per heavy atom. The molecule has 0 unspecified atom stereocenters. The van der Waals surface area contributed by atoms with Crippen molar-refractivity contribution in [2.45, 2.75) is 6.92 Å². The van der Waals surface area contributed by atoms with Crippen molar-refractivity contribution in [1.29, 1.82) is 0 Å². The van der Waals surface area contributed by atoms with E-state index in [0.29, 0.717) is 0 Å². The molecule has 0 atom stereocenters. The number of benzene rings is 2. The first kappa shape index (κ1) is 12.4. The summed E-state index contributed by atoms with van der Waals surface area (Å²) in [5.41, 5.74) is 3.25. The minimum absolute atomic E-state index is 0.274. The highest BCUT2D eigenvalue weighted by molar-refractivity contribution is 6.10. The van der Waals surface area contributed by atoms with Gasteiger partial charge >= 0.3 is 0 Å². The zero-order valence-electron chi connectivity index (χ0n) is 11.3. The predicted octanol–water partition coefficient (Wildman–Crippen LogP) is 4.37. The lowest BCUT2D eigenvalue weighted by Gasteiger charge is -2.07. The van der Waals surface area contributed by atoms with Crippen LogP contribution in [-0.2, 0) is 0 Å². The van der Waals surface area contributed by atoms with Gasteiger partial charge in [-0.2, -0.15) is 0 Å². The summed E-state index contributed by atoms with van der Waals surface area (Å²) >= 11 is 0. The number of ether oxygens (including phenoxy) is 1. The van der Waals surface area contributed by atoms with E-state index in [1.54, 1.807) is 0 Å². The molecule has 20 heavy (non-hydrogen) atoms.